The van der Waals surface area contributed by atoms with Crippen LogP contribution in [0.25, 0.3) is 0 Å². The number of amides is 2. The van der Waals surface area contributed by atoms with Crippen molar-refractivity contribution in [3.05, 3.63) is 98.5 Å². The predicted octanol–water partition coefficient (Wildman–Crippen LogP) is 6.05. The maximum Gasteiger partial charge on any atom is 0.254 e. The van der Waals surface area contributed by atoms with E-state index in [1.165, 1.54) is 11.3 Å². The maximum atomic E-state index is 13.8. The van der Waals surface area contributed by atoms with Gasteiger partial charge in [-0.25, -0.2) is 0 Å². The number of hydrogen-bond acceptors (Lipinski definition) is 5. The minimum Gasteiger partial charge on any atom is -0.378 e. The lowest BCUT2D eigenvalue weighted by Gasteiger charge is -2.42. The van der Waals surface area contributed by atoms with Crippen LogP contribution in [-0.4, -0.2) is 96.9 Å². The fourth-order valence-electron chi connectivity index (χ4n) is 7.37. The van der Waals surface area contributed by atoms with Gasteiger partial charge in [-0.2, -0.15) is 0 Å². The molecule has 0 aliphatic carbocycles. The molecule has 0 unspecified atom stereocenters. The molecule has 3 heterocycles. The van der Waals surface area contributed by atoms with E-state index in [0.717, 1.165) is 49.3 Å². The van der Waals surface area contributed by atoms with Crippen molar-refractivity contribution in [1.29, 1.82) is 0 Å². The van der Waals surface area contributed by atoms with Gasteiger partial charge in [-0.05, 0) is 67.8 Å². The first-order valence-electron chi connectivity index (χ1n) is 15.9. The van der Waals surface area contributed by atoms with Gasteiger partial charge < -0.3 is 14.7 Å². The smallest absolute Gasteiger partial charge is 0.254 e. The van der Waals surface area contributed by atoms with Crippen LogP contribution < -0.4 is 4.90 Å². The van der Waals surface area contributed by atoms with Crippen LogP contribution in [0.4, 0.5) is 5.69 Å². The zero-order chi connectivity index (χ0) is 31.8. The summed E-state index contributed by atoms with van der Waals surface area (Å²) in [5, 5.41) is 0.923. The molecule has 0 N–H and O–H groups in total. The molecule has 2 bridgehead atoms. The molecule has 0 saturated carbocycles. The van der Waals surface area contributed by atoms with Gasteiger partial charge in [0.05, 0.1) is 16.1 Å². The monoisotopic (exact) mass is 647 g/mol. The van der Waals surface area contributed by atoms with Gasteiger partial charge in [0.1, 0.15) is 0 Å². The molecule has 6 rings (SSSR count). The number of carbonyl (C=O) groups excluding carboxylic acids is 2. The number of carbonyl (C=O) groups is 2. The van der Waals surface area contributed by atoms with Gasteiger partial charge in [-0.15, -0.1) is 0 Å². The van der Waals surface area contributed by atoms with Gasteiger partial charge in [0.25, 0.3) is 5.91 Å². The summed E-state index contributed by atoms with van der Waals surface area (Å²) >= 11 is 12.7. The van der Waals surface area contributed by atoms with Gasteiger partial charge in [-0.1, -0.05) is 58.6 Å². The largest absolute Gasteiger partial charge is 0.378 e. The summed E-state index contributed by atoms with van der Waals surface area (Å²) in [5.41, 5.74) is 6.26. The fourth-order valence-corrected chi connectivity index (χ4v) is 7.67. The summed E-state index contributed by atoms with van der Waals surface area (Å²) in [6, 6.07) is 21.0. The number of fused-ring (bicyclic) bond motifs is 2. The first-order chi connectivity index (χ1) is 21.5. The molecule has 2 amide bonds. The van der Waals surface area contributed by atoms with E-state index >= 15 is 0 Å². The number of hydrogen-bond donors (Lipinski definition) is 0. The van der Waals surface area contributed by atoms with E-state index in [9.17, 15) is 9.59 Å². The number of piperazine rings is 2. The lowest BCUT2D eigenvalue weighted by Crippen LogP contribution is -2.53. The minimum atomic E-state index is -0.291. The van der Waals surface area contributed by atoms with Gasteiger partial charge in [-0.3, -0.25) is 19.4 Å². The van der Waals surface area contributed by atoms with Crippen LogP contribution in [0, 0.1) is 13.8 Å². The number of aryl methyl sites for hydroxylation is 2. The zero-order valence-corrected chi connectivity index (χ0v) is 28.2. The van der Waals surface area contributed by atoms with E-state index < -0.39 is 0 Å². The highest BCUT2D eigenvalue weighted by atomic mass is 35.5. The summed E-state index contributed by atoms with van der Waals surface area (Å²) in [4.78, 5) is 38.5. The Balaban J connectivity index is 1.09. The van der Waals surface area contributed by atoms with Gasteiger partial charge >= 0.3 is 0 Å². The molecule has 3 aromatic rings. The van der Waals surface area contributed by atoms with E-state index in [2.05, 4.69) is 59.1 Å². The fraction of sp³-hybridized carbons (Fsp3) is 0.444. The zero-order valence-electron chi connectivity index (χ0n) is 26.7. The van der Waals surface area contributed by atoms with Gasteiger partial charge in [0, 0.05) is 89.7 Å². The molecule has 238 valence electrons. The second kappa shape index (κ2) is 13.3. The van der Waals surface area contributed by atoms with E-state index in [1.54, 1.807) is 6.07 Å². The highest BCUT2D eigenvalue weighted by Gasteiger charge is 2.43. The molecule has 45 heavy (non-hydrogen) atoms. The van der Waals surface area contributed by atoms with E-state index in [1.807, 2.05) is 47.9 Å². The third-order valence-corrected chi connectivity index (χ3v) is 10.4. The molecule has 7 nitrogen and oxygen atoms in total. The number of nitrogens with zero attached hydrogens (tertiary/aromatic N) is 5. The molecule has 0 spiro atoms. The number of likely N-dealkylation sites (tertiary alicyclic amines) is 2. The summed E-state index contributed by atoms with van der Waals surface area (Å²) in [5.74, 6) is 0.107. The molecule has 3 atom stereocenters. The lowest BCUT2D eigenvalue weighted by atomic mass is 10.00. The van der Waals surface area contributed by atoms with Crippen LogP contribution in [-0.2, 0) is 11.3 Å². The Morgan fingerprint density at radius 1 is 0.822 bits per heavy atom. The maximum absolute atomic E-state index is 13.8. The Morgan fingerprint density at radius 3 is 2.16 bits per heavy atom. The van der Waals surface area contributed by atoms with Crippen molar-refractivity contribution in [2.45, 2.75) is 51.4 Å². The summed E-state index contributed by atoms with van der Waals surface area (Å²) in [6.45, 7) is 9.16. The van der Waals surface area contributed by atoms with Gasteiger partial charge in [0.2, 0.25) is 5.91 Å². The van der Waals surface area contributed by atoms with Crippen molar-refractivity contribution in [3.63, 3.8) is 0 Å². The average Bonchev–Trinajstić information content (AvgIpc) is 3.60. The molecule has 3 saturated heterocycles. The molecule has 3 aliphatic rings. The minimum absolute atomic E-state index is 0.00903. The van der Waals surface area contributed by atoms with Crippen molar-refractivity contribution in [3.8, 4) is 0 Å². The summed E-state index contributed by atoms with van der Waals surface area (Å²) in [7, 11) is 4.13. The standard InChI is InChI=1S/C36H43Cl2N5O2/c1-24-15-25(2)17-28(16-24)36(45)41-13-14-43(34(23-41)27-7-10-32(37)33(38)18-27)35(44)11-12-40-21-31-19-30(40)22-42(31)20-26-5-8-29(9-6-26)39(3)4/h5-10,15-18,30-31,34H,11-14,19-23H2,1-4H3/t30-,31-,34-/m0/s1. The normalized spacial score (nSPS) is 21.9. The number of halogens is 2. The van der Waals surface area contributed by atoms with E-state index in [0.29, 0.717) is 53.7 Å². The quantitative estimate of drug-likeness (QED) is 0.298. The molecule has 0 radical (unpaired) electrons. The Labute approximate surface area is 277 Å². The average molecular weight is 649 g/mol. The van der Waals surface area contributed by atoms with Crippen LogP contribution in [0.1, 0.15) is 51.5 Å². The van der Waals surface area contributed by atoms with E-state index in [-0.39, 0.29) is 17.9 Å². The highest BCUT2D eigenvalue weighted by molar-refractivity contribution is 6.42. The predicted molar refractivity (Wildman–Crippen MR) is 182 cm³/mol. The highest BCUT2D eigenvalue weighted by Crippen LogP contribution is 2.34. The Kier molecular flexibility index (Phi) is 9.44. The van der Waals surface area contributed by atoms with Crippen molar-refractivity contribution in [2.75, 3.05) is 58.3 Å². The van der Waals surface area contributed by atoms with Crippen LogP contribution in [0.5, 0.6) is 0 Å². The SMILES string of the molecule is Cc1cc(C)cc(C(=O)N2CCN(C(=O)CCN3C[C@@H]4C[C@H]3CN4Cc3ccc(N(C)C)cc3)[C@H](c3ccc(Cl)c(Cl)c3)C2)c1. The van der Waals surface area contributed by atoms with E-state index in [4.69, 9.17) is 23.2 Å². The number of anilines is 1. The topological polar surface area (TPSA) is 50.3 Å². The molecule has 3 aliphatic heterocycles. The second-order valence-corrected chi connectivity index (χ2v) is 14.0. The summed E-state index contributed by atoms with van der Waals surface area (Å²) < 4.78 is 0. The van der Waals surface area contributed by atoms with Crippen molar-refractivity contribution in [1.82, 2.24) is 19.6 Å². The first kappa shape index (κ1) is 31.9. The number of rotatable bonds is 8. The molecular weight excluding hydrogens is 605 g/mol. The van der Waals surface area contributed by atoms with Crippen molar-refractivity contribution < 1.29 is 9.59 Å². The van der Waals surface area contributed by atoms with Crippen LogP contribution in [0.2, 0.25) is 10.0 Å². The third kappa shape index (κ3) is 7.02. The van der Waals surface area contributed by atoms with Crippen LogP contribution in [0.3, 0.4) is 0 Å². The molecular formula is C36H43Cl2N5O2. The molecule has 3 aromatic carbocycles. The lowest BCUT2D eigenvalue weighted by molar-refractivity contribution is -0.136. The molecule has 9 heteroatoms. The third-order valence-electron chi connectivity index (χ3n) is 9.70. The molecule has 0 aromatic heterocycles. The van der Waals surface area contributed by atoms with Crippen LogP contribution >= 0.6 is 23.2 Å². The summed E-state index contributed by atoms with van der Waals surface area (Å²) in [6.07, 6.45) is 1.62. The van der Waals surface area contributed by atoms with Crippen molar-refractivity contribution >= 4 is 40.7 Å². The second-order valence-electron chi connectivity index (χ2n) is 13.2. The first-order valence-corrected chi connectivity index (χ1v) is 16.7. The van der Waals surface area contributed by atoms with Crippen molar-refractivity contribution in [2.24, 2.45) is 0 Å². The Hall–Kier alpha value is -3.10. The van der Waals surface area contributed by atoms with Crippen LogP contribution in [0.15, 0.2) is 60.7 Å². The number of benzene rings is 3. The Bertz CT molecular complexity index is 1540. The Morgan fingerprint density at radius 2 is 1.51 bits per heavy atom. The molecule has 3 fully saturated rings. The van der Waals surface area contributed by atoms with Gasteiger partial charge in [0.15, 0.2) is 0 Å².